The van der Waals surface area contributed by atoms with Crippen molar-refractivity contribution < 1.29 is 9.53 Å². The van der Waals surface area contributed by atoms with Gasteiger partial charge in [0.05, 0.1) is 13.2 Å². The minimum Gasteiger partial charge on any atom is -0.378 e. The van der Waals surface area contributed by atoms with E-state index in [9.17, 15) is 4.79 Å². The first-order valence-corrected chi connectivity index (χ1v) is 10.7. The van der Waals surface area contributed by atoms with Gasteiger partial charge in [-0.1, -0.05) is 18.2 Å². The molecule has 1 aliphatic heterocycles. The van der Waals surface area contributed by atoms with Crippen LogP contribution in [0.1, 0.15) is 16.1 Å². The number of hydrogen-bond donors (Lipinski definition) is 1. The number of rotatable bonds is 4. The van der Waals surface area contributed by atoms with Crippen LogP contribution in [0.4, 0.5) is 11.4 Å². The van der Waals surface area contributed by atoms with Gasteiger partial charge in [0, 0.05) is 48.4 Å². The SMILES string of the molecule is Cc1ccc(NC(=O)c2cc(N3CCOCC3)ccn2)cc1-c1ccc2ccncc2c1. The summed E-state index contributed by atoms with van der Waals surface area (Å²) in [6.07, 6.45) is 5.35. The summed E-state index contributed by atoms with van der Waals surface area (Å²) in [7, 11) is 0. The number of nitrogens with zero attached hydrogens (tertiary/aromatic N) is 3. The number of carbonyl (C=O) groups is 1. The average Bonchev–Trinajstić information content (AvgIpc) is 2.85. The zero-order valence-corrected chi connectivity index (χ0v) is 17.9. The predicted molar refractivity (Wildman–Crippen MR) is 127 cm³/mol. The molecular weight excluding hydrogens is 400 g/mol. The van der Waals surface area contributed by atoms with Crippen LogP contribution in [0.3, 0.4) is 0 Å². The van der Waals surface area contributed by atoms with Crippen molar-refractivity contribution in [2.75, 3.05) is 36.5 Å². The van der Waals surface area contributed by atoms with E-state index >= 15 is 0 Å². The molecule has 160 valence electrons. The number of nitrogens with one attached hydrogen (secondary N) is 1. The summed E-state index contributed by atoms with van der Waals surface area (Å²) in [5, 5.41) is 5.24. The lowest BCUT2D eigenvalue weighted by Gasteiger charge is -2.28. The highest BCUT2D eigenvalue weighted by Gasteiger charge is 2.15. The van der Waals surface area contributed by atoms with E-state index in [-0.39, 0.29) is 5.91 Å². The quantitative estimate of drug-likeness (QED) is 0.515. The van der Waals surface area contributed by atoms with Crippen molar-refractivity contribution in [3.63, 3.8) is 0 Å². The number of fused-ring (bicyclic) bond motifs is 1. The number of aryl methyl sites for hydroxylation is 1. The Balaban J connectivity index is 1.39. The molecule has 0 saturated carbocycles. The van der Waals surface area contributed by atoms with E-state index in [1.165, 1.54) is 0 Å². The van der Waals surface area contributed by atoms with Gasteiger partial charge in [-0.3, -0.25) is 14.8 Å². The van der Waals surface area contributed by atoms with Crippen LogP contribution in [0.2, 0.25) is 0 Å². The third-order valence-electron chi connectivity index (χ3n) is 5.80. The van der Waals surface area contributed by atoms with Gasteiger partial charge >= 0.3 is 0 Å². The second-order valence-corrected chi connectivity index (χ2v) is 7.92. The average molecular weight is 425 g/mol. The summed E-state index contributed by atoms with van der Waals surface area (Å²) >= 11 is 0. The van der Waals surface area contributed by atoms with Gasteiger partial charge in [0.2, 0.25) is 0 Å². The molecule has 32 heavy (non-hydrogen) atoms. The van der Waals surface area contributed by atoms with E-state index in [1.54, 1.807) is 12.4 Å². The van der Waals surface area contributed by atoms with E-state index < -0.39 is 0 Å². The molecule has 4 aromatic rings. The Morgan fingerprint density at radius 1 is 0.969 bits per heavy atom. The van der Waals surface area contributed by atoms with Crippen molar-refractivity contribution in [2.45, 2.75) is 6.92 Å². The first-order chi connectivity index (χ1) is 15.7. The number of aromatic nitrogens is 2. The van der Waals surface area contributed by atoms with Crippen LogP contribution >= 0.6 is 0 Å². The van der Waals surface area contributed by atoms with Gasteiger partial charge in [0.1, 0.15) is 5.69 Å². The predicted octanol–water partition coefficient (Wildman–Crippen LogP) is 4.69. The minimum atomic E-state index is -0.224. The Kier molecular flexibility index (Phi) is 5.52. The molecule has 0 atom stereocenters. The summed E-state index contributed by atoms with van der Waals surface area (Å²) in [6.45, 7) is 5.09. The lowest BCUT2D eigenvalue weighted by Crippen LogP contribution is -2.36. The van der Waals surface area contributed by atoms with Crippen molar-refractivity contribution >= 4 is 28.1 Å². The fourth-order valence-electron chi connectivity index (χ4n) is 4.02. The monoisotopic (exact) mass is 424 g/mol. The van der Waals surface area contributed by atoms with Crippen molar-refractivity contribution in [3.05, 3.63) is 84.4 Å². The lowest BCUT2D eigenvalue weighted by atomic mass is 9.98. The van der Waals surface area contributed by atoms with Crippen LogP contribution in [0.25, 0.3) is 21.9 Å². The molecule has 1 saturated heterocycles. The van der Waals surface area contributed by atoms with E-state index in [0.717, 1.165) is 51.9 Å². The molecule has 3 heterocycles. The Bertz CT molecular complexity index is 1280. The van der Waals surface area contributed by atoms with E-state index in [2.05, 4.69) is 45.3 Å². The number of anilines is 2. The topological polar surface area (TPSA) is 67.4 Å². The highest BCUT2D eigenvalue weighted by molar-refractivity contribution is 6.03. The summed E-state index contributed by atoms with van der Waals surface area (Å²) in [5.41, 5.74) is 5.42. The summed E-state index contributed by atoms with van der Waals surface area (Å²) in [4.78, 5) is 23.7. The second kappa shape index (κ2) is 8.77. The highest BCUT2D eigenvalue weighted by atomic mass is 16.5. The first-order valence-electron chi connectivity index (χ1n) is 10.7. The van der Waals surface area contributed by atoms with Crippen LogP contribution in [0.5, 0.6) is 0 Å². The highest BCUT2D eigenvalue weighted by Crippen LogP contribution is 2.29. The maximum Gasteiger partial charge on any atom is 0.274 e. The Morgan fingerprint density at radius 2 is 1.84 bits per heavy atom. The minimum absolute atomic E-state index is 0.224. The zero-order valence-electron chi connectivity index (χ0n) is 17.9. The maximum atomic E-state index is 12.9. The summed E-state index contributed by atoms with van der Waals surface area (Å²) in [6, 6.07) is 18.1. The van der Waals surface area contributed by atoms with Crippen LogP contribution < -0.4 is 10.2 Å². The third kappa shape index (κ3) is 4.18. The normalized spacial score (nSPS) is 13.8. The maximum absolute atomic E-state index is 12.9. The van der Waals surface area contributed by atoms with E-state index in [1.807, 2.05) is 42.6 Å². The molecule has 1 N–H and O–H groups in total. The number of ether oxygens (including phenoxy) is 1. The van der Waals surface area contributed by atoms with Crippen molar-refractivity contribution in [3.8, 4) is 11.1 Å². The number of hydrogen-bond acceptors (Lipinski definition) is 5. The van der Waals surface area contributed by atoms with Gasteiger partial charge < -0.3 is 15.0 Å². The van der Waals surface area contributed by atoms with Gasteiger partial charge in [-0.25, -0.2) is 0 Å². The van der Waals surface area contributed by atoms with Crippen LogP contribution in [-0.4, -0.2) is 42.2 Å². The number of benzene rings is 2. The molecule has 5 rings (SSSR count). The van der Waals surface area contributed by atoms with Crippen LogP contribution in [0.15, 0.2) is 73.2 Å². The van der Waals surface area contributed by atoms with Gasteiger partial charge in [0.25, 0.3) is 5.91 Å². The standard InChI is InChI=1S/C26H24N4O2/c1-18-2-5-22(15-24(18)20-4-3-19-6-8-27-17-21(19)14-20)29-26(31)25-16-23(7-9-28-25)30-10-12-32-13-11-30/h2-9,14-17H,10-13H2,1H3,(H,29,31). The summed E-state index contributed by atoms with van der Waals surface area (Å²) < 4.78 is 5.42. The third-order valence-corrected chi connectivity index (χ3v) is 5.80. The van der Waals surface area contributed by atoms with Gasteiger partial charge in [-0.2, -0.15) is 0 Å². The van der Waals surface area contributed by atoms with E-state index in [0.29, 0.717) is 18.9 Å². The molecule has 1 amide bonds. The van der Waals surface area contributed by atoms with Crippen molar-refractivity contribution in [1.82, 2.24) is 9.97 Å². The molecule has 0 bridgehead atoms. The molecule has 2 aromatic carbocycles. The molecule has 0 radical (unpaired) electrons. The molecule has 6 nitrogen and oxygen atoms in total. The Morgan fingerprint density at radius 3 is 2.72 bits per heavy atom. The number of amides is 1. The fraction of sp³-hybridized carbons (Fsp3) is 0.192. The Hall–Kier alpha value is -3.77. The molecule has 0 spiro atoms. The van der Waals surface area contributed by atoms with E-state index in [4.69, 9.17) is 4.74 Å². The molecule has 1 fully saturated rings. The van der Waals surface area contributed by atoms with Crippen molar-refractivity contribution in [2.24, 2.45) is 0 Å². The van der Waals surface area contributed by atoms with Crippen molar-refractivity contribution in [1.29, 1.82) is 0 Å². The van der Waals surface area contributed by atoms with Crippen LogP contribution in [0, 0.1) is 6.92 Å². The molecule has 1 aliphatic rings. The molecule has 6 heteroatoms. The molecule has 0 aliphatic carbocycles. The first kappa shape index (κ1) is 20.2. The summed E-state index contributed by atoms with van der Waals surface area (Å²) in [5.74, 6) is -0.224. The number of carbonyl (C=O) groups excluding carboxylic acids is 1. The fourth-order valence-corrected chi connectivity index (χ4v) is 4.02. The lowest BCUT2D eigenvalue weighted by molar-refractivity contribution is 0.102. The zero-order chi connectivity index (χ0) is 21.9. The van der Waals surface area contributed by atoms with Crippen LogP contribution in [-0.2, 0) is 4.74 Å². The number of pyridine rings is 2. The smallest absolute Gasteiger partial charge is 0.274 e. The molecular formula is C26H24N4O2. The Labute approximate surface area is 186 Å². The van der Waals surface area contributed by atoms with Gasteiger partial charge in [-0.05, 0) is 65.4 Å². The number of morpholine rings is 1. The molecule has 2 aromatic heterocycles. The van der Waals surface area contributed by atoms with Gasteiger partial charge in [-0.15, -0.1) is 0 Å². The molecule has 0 unspecified atom stereocenters. The second-order valence-electron chi connectivity index (χ2n) is 7.92. The van der Waals surface area contributed by atoms with Gasteiger partial charge in [0.15, 0.2) is 0 Å². The largest absolute Gasteiger partial charge is 0.378 e.